The maximum Gasteiger partial charge on any atom is 0.253 e. The van der Waals surface area contributed by atoms with Crippen molar-refractivity contribution in [2.24, 2.45) is 0 Å². The number of carbonyl (C=O) groups excluding carboxylic acids is 2. The summed E-state index contributed by atoms with van der Waals surface area (Å²) in [5.41, 5.74) is 3.33. The fraction of sp³-hybridized carbons (Fsp3) is 0.500. The second kappa shape index (κ2) is 13.0. The average molecular weight is 450 g/mol. The van der Waals surface area contributed by atoms with E-state index in [-0.39, 0.29) is 17.9 Å². The van der Waals surface area contributed by atoms with E-state index < -0.39 is 0 Å². The number of benzene rings is 2. The van der Waals surface area contributed by atoms with E-state index in [1.807, 2.05) is 55.5 Å². The number of hydrogen-bond acceptors (Lipinski definition) is 3. The van der Waals surface area contributed by atoms with E-state index in [0.717, 1.165) is 50.0 Å². The molecule has 1 unspecified atom stereocenters. The highest BCUT2D eigenvalue weighted by Gasteiger charge is 2.21. The van der Waals surface area contributed by atoms with Crippen molar-refractivity contribution in [1.82, 2.24) is 5.32 Å². The Morgan fingerprint density at radius 2 is 1.67 bits per heavy atom. The lowest BCUT2D eigenvalue weighted by molar-refractivity contribution is -0.116. The Labute approximate surface area is 199 Å². The van der Waals surface area contributed by atoms with Gasteiger partial charge in [-0.15, -0.1) is 0 Å². The molecular formula is C28H39N3O2. The number of nitrogens with zero attached hydrogens (tertiary/aromatic N) is 1. The standard InChI is InChI=1S/C28H39N3O2/c1-3-4-5-6-11-16-27(32)30-24-17-18-26(31-19-12-8-13-20-31)25(21-24)28(33)29-22(2)23-14-9-7-10-15-23/h7,9-10,14-15,17-18,21-22H,3-6,8,11-13,16,19-20H2,1-2H3,(H,29,33)(H,30,32). The van der Waals surface area contributed by atoms with Gasteiger partial charge < -0.3 is 15.5 Å². The first-order chi connectivity index (χ1) is 16.1. The molecule has 5 heteroatoms. The van der Waals surface area contributed by atoms with Crippen LogP contribution in [0.2, 0.25) is 0 Å². The van der Waals surface area contributed by atoms with Crippen LogP contribution < -0.4 is 15.5 Å². The average Bonchev–Trinajstić information content (AvgIpc) is 2.85. The third-order valence-corrected chi connectivity index (χ3v) is 6.38. The zero-order valence-electron chi connectivity index (χ0n) is 20.2. The van der Waals surface area contributed by atoms with Crippen molar-refractivity contribution in [2.45, 2.75) is 77.7 Å². The molecule has 1 saturated heterocycles. The molecule has 1 aliphatic rings. The zero-order valence-corrected chi connectivity index (χ0v) is 20.2. The fourth-order valence-electron chi connectivity index (χ4n) is 4.42. The van der Waals surface area contributed by atoms with E-state index in [1.165, 1.54) is 25.7 Å². The summed E-state index contributed by atoms with van der Waals surface area (Å²) in [5, 5.41) is 6.15. The Morgan fingerprint density at radius 3 is 2.39 bits per heavy atom. The van der Waals surface area contributed by atoms with Gasteiger partial charge in [-0.05, 0) is 56.4 Å². The summed E-state index contributed by atoms with van der Waals surface area (Å²) < 4.78 is 0. The van der Waals surface area contributed by atoms with Crippen LogP contribution in [0.1, 0.15) is 93.6 Å². The van der Waals surface area contributed by atoms with Crippen LogP contribution in [-0.4, -0.2) is 24.9 Å². The number of unbranched alkanes of at least 4 members (excludes halogenated alkanes) is 4. The third-order valence-electron chi connectivity index (χ3n) is 6.38. The molecule has 0 spiro atoms. The summed E-state index contributed by atoms with van der Waals surface area (Å²) in [5.74, 6) is -0.0937. The highest BCUT2D eigenvalue weighted by molar-refractivity contribution is 6.02. The molecule has 1 atom stereocenters. The Morgan fingerprint density at radius 1 is 0.939 bits per heavy atom. The minimum atomic E-state index is -0.109. The van der Waals surface area contributed by atoms with Gasteiger partial charge >= 0.3 is 0 Å². The topological polar surface area (TPSA) is 61.4 Å². The molecule has 5 nitrogen and oxygen atoms in total. The van der Waals surface area contributed by atoms with Crippen molar-refractivity contribution < 1.29 is 9.59 Å². The Balaban J connectivity index is 1.72. The molecule has 3 rings (SSSR count). The van der Waals surface area contributed by atoms with Gasteiger partial charge in [-0.25, -0.2) is 0 Å². The van der Waals surface area contributed by atoms with Crippen molar-refractivity contribution in [2.75, 3.05) is 23.3 Å². The second-order valence-electron chi connectivity index (χ2n) is 9.10. The molecule has 1 aliphatic heterocycles. The quantitative estimate of drug-likeness (QED) is 0.387. The molecule has 0 bridgehead atoms. The van der Waals surface area contributed by atoms with Crippen LogP contribution in [-0.2, 0) is 4.79 Å². The van der Waals surface area contributed by atoms with Crippen molar-refractivity contribution >= 4 is 23.2 Å². The first kappa shape index (κ1) is 24.8. The van der Waals surface area contributed by atoms with Crippen LogP contribution in [0.3, 0.4) is 0 Å². The third kappa shape index (κ3) is 7.62. The van der Waals surface area contributed by atoms with Gasteiger partial charge in [0, 0.05) is 30.9 Å². The number of anilines is 2. The largest absolute Gasteiger partial charge is 0.371 e. The van der Waals surface area contributed by atoms with Gasteiger partial charge in [0.1, 0.15) is 0 Å². The SMILES string of the molecule is CCCCCCCC(=O)Nc1ccc(N2CCCCC2)c(C(=O)NC(C)c2ccccc2)c1. The number of piperidine rings is 1. The summed E-state index contributed by atoms with van der Waals surface area (Å²) in [7, 11) is 0. The van der Waals surface area contributed by atoms with E-state index in [0.29, 0.717) is 17.7 Å². The Hall–Kier alpha value is -2.82. The molecule has 178 valence electrons. The van der Waals surface area contributed by atoms with Gasteiger partial charge in [0.2, 0.25) is 5.91 Å². The predicted molar refractivity (Wildman–Crippen MR) is 137 cm³/mol. The van der Waals surface area contributed by atoms with E-state index in [2.05, 4.69) is 22.5 Å². The maximum absolute atomic E-state index is 13.4. The molecule has 0 aliphatic carbocycles. The first-order valence-electron chi connectivity index (χ1n) is 12.6. The van der Waals surface area contributed by atoms with E-state index in [1.54, 1.807) is 0 Å². The highest BCUT2D eigenvalue weighted by atomic mass is 16.2. The van der Waals surface area contributed by atoms with Crippen LogP contribution in [0.4, 0.5) is 11.4 Å². The lowest BCUT2D eigenvalue weighted by Gasteiger charge is -2.31. The summed E-state index contributed by atoms with van der Waals surface area (Å²) in [6.45, 7) is 6.10. The lowest BCUT2D eigenvalue weighted by Crippen LogP contribution is -2.33. The molecule has 2 amide bonds. The number of hydrogen-bond donors (Lipinski definition) is 2. The molecule has 2 aromatic carbocycles. The minimum absolute atomic E-state index is 0.0150. The summed E-state index contributed by atoms with van der Waals surface area (Å²) in [6.07, 6.45) is 9.61. The second-order valence-corrected chi connectivity index (χ2v) is 9.10. The highest BCUT2D eigenvalue weighted by Crippen LogP contribution is 2.28. The summed E-state index contributed by atoms with van der Waals surface area (Å²) in [4.78, 5) is 28.1. The minimum Gasteiger partial charge on any atom is -0.371 e. The van der Waals surface area contributed by atoms with Crippen LogP contribution in [0.25, 0.3) is 0 Å². The smallest absolute Gasteiger partial charge is 0.253 e. The summed E-state index contributed by atoms with van der Waals surface area (Å²) in [6, 6.07) is 15.6. The summed E-state index contributed by atoms with van der Waals surface area (Å²) >= 11 is 0. The van der Waals surface area contributed by atoms with Gasteiger partial charge in [0.05, 0.1) is 11.6 Å². The van der Waals surface area contributed by atoms with Crippen LogP contribution in [0, 0.1) is 0 Å². The number of nitrogens with one attached hydrogen (secondary N) is 2. The molecule has 0 aromatic heterocycles. The molecule has 1 heterocycles. The van der Waals surface area contributed by atoms with Gasteiger partial charge in [0.25, 0.3) is 5.91 Å². The van der Waals surface area contributed by atoms with Crippen LogP contribution >= 0.6 is 0 Å². The van der Waals surface area contributed by atoms with Gasteiger partial charge in [0.15, 0.2) is 0 Å². The van der Waals surface area contributed by atoms with Gasteiger partial charge in [-0.2, -0.15) is 0 Å². The van der Waals surface area contributed by atoms with Crippen molar-refractivity contribution in [1.29, 1.82) is 0 Å². The molecule has 0 radical (unpaired) electrons. The van der Waals surface area contributed by atoms with Crippen molar-refractivity contribution in [3.63, 3.8) is 0 Å². The monoisotopic (exact) mass is 449 g/mol. The number of carbonyl (C=O) groups is 2. The van der Waals surface area contributed by atoms with E-state index in [4.69, 9.17) is 0 Å². The molecule has 2 N–H and O–H groups in total. The van der Waals surface area contributed by atoms with Gasteiger partial charge in [-0.1, -0.05) is 62.9 Å². The Bertz CT molecular complexity index is 891. The molecule has 0 saturated carbocycles. The van der Waals surface area contributed by atoms with Crippen LogP contribution in [0.5, 0.6) is 0 Å². The molecular weight excluding hydrogens is 410 g/mol. The van der Waals surface area contributed by atoms with E-state index >= 15 is 0 Å². The zero-order chi connectivity index (χ0) is 23.5. The van der Waals surface area contributed by atoms with Crippen molar-refractivity contribution in [3.8, 4) is 0 Å². The van der Waals surface area contributed by atoms with Crippen LogP contribution in [0.15, 0.2) is 48.5 Å². The normalized spacial score (nSPS) is 14.5. The maximum atomic E-state index is 13.4. The molecule has 2 aromatic rings. The molecule has 1 fully saturated rings. The molecule has 33 heavy (non-hydrogen) atoms. The van der Waals surface area contributed by atoms with Gasteiger partial charge in [-0.3, -0.25) is 9.59 Å². The number of rotatable bonds is 11. The number of amides is 2. The predicted octanol–water partition coefficient (Wildman–Crippen LogP) is 6.47. The lowest BCUT2D eigenvalue weighted by atomic mass is 10.0. The van der Waals surface area contributed by atoms with E-state index in [9.17, 15) is 9.59 Å². The fourth-order valence-corrected chi connectivity index (χ4v) is 4.42. The Kier molecular flexibility index (Phi) is 9.79. The van der Waals surface area contributed by atoms with Crippen molar-refractivity contribution in [3.05, 3.63) is 59.7 Å². The first-order valence-corrected chi connectivity index (χ1v) is 12.6.